The fourth-order valence-corrected chi connectivity index (χ4v) is 3.44. The standard InChI is InChI=1S/C26H34N4O7/c1-16(2)12-21(24(34)28-20(23(27)33)13-17-8-10-19(32)11-9-17)29-25(35)22(14-31)30-26(36)37-15-18-6-4-3-5-7-18/h3-11,16,20-22,31-32H,12-15H2,1-2H3,(H2,27,33)(H,28,34)(H,29,35)(H,30,36). The van der Waals surface area contributed by atoms with Gasteiger partial charge in [-0.1, -0.05) is 56.3 Å². The first-order valence-electron chi connectivity index (χ1n) is 11.8. The van der Waals surface area contributed by atoms with E-state index in [1.165, 1.54) is 12.1 Å². The maximum absolute atomic E-state index is 13.0. The lowest BCUT2D eigenvalue weighted by Gasteiger charge is -2.25. The molecule has 4 amide bonds. The van der Waals surface area contributed by atoms with E-state index in [2.05, 4.69) is 16.0 Å². The van der Waals surface area contributed by atoms with E-state index < -0.39 is 48.5 Å². The molecule has 3 unspecified atom stereocenters. The molecule has 3 atom stereocenters. The van der Waals surface area contributed by atoms with Crippen molar-refractivity contribution in [3.8, 4) is 5.75 Å². The number of hydrogen-bond donors (Lipinski definition) is 6. The summed E-state index contributed by atoms with van der Waals surface area (Å²) in [6, 6.07) is 11.5. The molecule has 2 aromatic carbocycles. The largest absolute Gasteiger partial charge is 0.508 e. The number of phenols is 1. The van der Waals surface area contributed by atoms with E-state index in [0.717, 1.165) is 5.56 Å². The van der Waals surface area contributed by atoms with E-state index in [1.54, 1.807) is 36.4 Å². The van der Waals surface area contributed by atoms with Gasteiger partial charge in [0.05, 0.1) is 6.61 Å². The predicted octanol–water partition coefficient (Wildman–Crippen LogP) is 0.723. The van der Waals surface area contributed by atoms with Crippen LogP contribution < -0.4 is 21.7 Å². The molecule has 2 rings (SSSR count). The summed E-state index contributed by atoms with van der Waals surface area (Å²) in [5.74, 6) is -2.18. The Morgan fingerprint density at radius 3 is 2.00 bits per heavy atom. The highest BCUT2D eigenvalue weighted by Gasteiger charge is 2.29. The molecule has 0 bridgehead atoms. The van der Waals surface area contributed by atoms with Gasteiger partial charge in [0.1, 0.15) is 30.5 Å². The Bertz CT molecular complexity index is 1040. The fraction of sp³-hybridized carbons (Fsp3) is 0.385. The van der Waals surface area contributed by atoms with Crippen molar-refractivity contribution in [1.29, 1.82) is 0 Å². The Kier molecular flexibility index (Phi) is 11.4. The quantitative estimate of drug-likeness (QED) is 0.228. The number of phenolic OH excluding ortho intramolecular Hbond substituents is 1. The third-order valence-corrected chi connectivity index (χ3v) is 5.38. The van der Waals surface area contributed by atoms with E-state index in [1.807, 2.05) is 19.9 Å². The van der Waals surface area contributed by atoms with Crippen LogP contribution >= 0.6 is 0 Å². The Labute approximate surface area is 215 Å². The number of ether oxygens (including phenoxy) is 1. The first-order valence-corrected chi connectivity index (χ1v) is 11.8. The van der Waals surface area contributed by atoms with Crippen molar-refractivity contribution in [3.63, 3.8) is 0 Å². The number of nitrogens with two attached hydrogens (primary N) is 1. The summed E-state index contributed by atoms with van der Waals surface area (Å²) in [6.45, 7) is 2.93. The molecular formula is C26H34N4O7. The number of carbonyl (C=O) groups excluding carboxylic acids is 4. The smallest absolute Gasteiger partial charge is 0.408 e. The summed E-state index contributed by atoms with van der Waals surface area (Å²) in [5.41, 5.74) is 6.88. The van der Waals surface area contributed by atoms with E-state index in [9.17, 15) is 29.4 Å². The van der Waals surface area contributed by atoms with Crippen LogP contribution in [0.2, 0.25) is 0 Å². The second-order valence-electron chi connectivity index (χ2n) is 8.97. The molecule has 0 saturated carbocycles. The van der Waals surface area contributed by atoms with Crippen LogP contribution in [-0.4, -0.2) is 58.8 Å². The van der Waals surface area contributed by atoms with E-state index >= 15 is 0 Å². The lowest BCUT2D eigenvalue weighted by atomic mass is 10.0. The molecule has 0 aliphatic rings. The minimum atomic E-state index is -1.37. The van der Waals surface area contributed by atoms with Gasteiger partial charge in [0.15, 0.2) is 0 Å². The minimum Gasteiger partial charge on any atom is -0.508 e. The first-order chi connectivity index (χ1) is 17.6. The van der Waals surface area contributed by atoms with Crippen LogP contribution in [0.15, 0.2) is 54.6 Å². The van der Waals surface area contributed by atoms with Crippen molar-refractivity contribution in [3.05, 3.63) is 65.7 Å². The number of hydrogen-bond acceptors (Lipinski definition) is 7. The Morgan fingerprint density at radius 2 is 1.43 bits per heavy atom. The van der Waals surface area contributed by atoms with Gasteiger partial charge in [-0.3, -0.25) is 14.4 Å². The van der Waals surface area contributed by atoms with Crippen LogP contribution in [-0.2, 0) is 32.1 Å². The molecule has 0 aliphatic heterocycles. The summed E-state index contributed by atoms with van der Waals surface area (Å²) >= 11 is 0. The van der Waals surface area contributed by atoms with Crippen LogP contribution in [0.1, 0.15) is 31.4 Å². The number of alkyl carbamates (subject to hydrolysis) is 1. The average molecular weight is 515 g/mol. The molecule has 0 saturated heterocycles. The fourth-order valence-electron chi connectivity index (χ4n) is 3.44. The molecule has 2 aromatic rings. The highest BCUT2D eigenvalue weighted by Crippen LogP contribution is 2.12. The van der Waals surface area contributed by atoms with Crippen molar-refractivity contribution in [2.24, 2.45) is 11.7 Å². The van der Waals surface area contributed by atoms with Crippen LogP contribution in [0.5, 0.6) is 5.75 Å². The summed E-state index contributed by atoms with van der Waals surface area (Å²) < 4.78 is 5.08. The number of benzene rings is 2. The van der Waals surface area contributed by atoms with Gasteiger partial charge in [0.25, 0.3) is 0 Å². The number of amides is 4. The van der Waals surface area contributed by atoms with Crippen LogP contribution in [0.25, 0.3) is 0 Å². The molecule has 37 heavy (non-hydrogen) atoms. The van der Waals surface area contributed by atoms with Gasteiger partial charge in [0, 0.05) is 6.42 Å². The third kappa shape index (κ3) is 10.2. The molecular weight excluding hydrogens is 480 g/mol. The summed E-state index contributed by atoms with van der Waals surface area (Å²) in [6.07, 6.45) is -0.609. The van der Waals surface area contributed by atoms with Crippen molar-refractivity contribution in [1.82, 2.24) is 16.0 Å². The van der Waals surface area contributed by atoms with Gasteiger partial charge in [-0.25, -0.2) is 4.79 Å². The molecule has 7 N–H and O–H groups in total. The zero-order valence-corrected chi connectivity index (χ0v) is 20.8. The highest BCUT2D eigenvalue weighted by molar-refractivity contribution is 5.93. The lowest BCUT2D eigenvalue weighted by Crippen LogP contribution is -2.57. The maximum atomic E-state index is 13.0. The molecule has 11 nitrogen and oxygen atoms in total. The van der Waals surface area contributed by atoms with Gasteiger partial charge >= 0.3 is 6.09 Å². The van der Waals surface area contributed by atoms with E-state index in [-0.39, 0.29) is 31.1 Å². The second kappa shape index (κ2) is 14.4. The number of aromatic hydroxyl groups is 1. The molecule has 0 aliphatic carbocycles. The first kappa shape index (κ1) is 29.1. The zero-order valence-electron chi connectivity index (χ0n) is 20.8. The topological polar surface area (TPSA) is 180 Å². The molecule has 0 aromatic heterocycles. The second-order valence-corrected chi connectivity index (χ2v) is 8.97. The molecule has 0 fully saturated rings. The molecule has 11 heteroatoms. The van der Waals surface area contributed by atoms with Crippen LogP contribution in [0, 0.1) is 5.92 Å². The highest BCUT2D eigenvalue weighted by atomic mass is 16.5. The van der Waals surface area contributed by atoms with Crippen molar-refractivity contribution in [2.45, 2.75) is 51.4 Å². The molecule has 200 valence electrons. The number of rotatable bonds is 13. The number of aliphatic hydroxyl groups excluding tert-OH is 1. The third-order valence-electron chi connectivity index (χ3n) is 5.38. The Morgan fingerprint density at radius 1 is 0.838 bits per heavy atom. The van der Waals surface area contributed by atoms with Crippen molar-refractivity contribution in [2.75, 3.05) is 6.61 Å². The van der Waals surface area contributed by atoms with Gasteiger partial charge in [-0.05, 0) is 35.6 Å². The number of primary amides is 1. The average Bonchev–Trinajstić information content (AvgIpc) is 2.86. The maximum Gasteiger partial charge on any atom is 0.408 e. The normalized spacial score (nSPS) is 13.2. The predicted molar refractivity (Wildman–Crippen MR) is 135 cm³/mol. The van der Waals surface area contributed by atoms with Crippen molar-refractivity contribution < 1.29 is 34.1 Å². The van der Waals surface area contributed by atoms with Crippen molar-refractivity contribution >= 4 is 23.8 Å². The monoisotopic (exact) mass is 514 g/mol. The molecule has 0 heterocycles. The van der Waals surface area contributed by atoms with Gasteiger partial charge in [-0.2, -0.15) is 0 Å². The van der Waals surface area contributed by atoms with Crippen LogP contribution in [0.3, 0.4) is 0 Å². The zero-order chi connectivity index (χ0) is 27.4. The number of aliphatic hydroxyl groups is 1. The molecule has 0 spiro atoms. The molecule has 0 radical (unpaired) electrons. The number of carbonyl (C=O) groups is 4. The number of nitrogens with one attached hydrogen (secondary N) is 3. The van der Waals surface area contributed by atoms with Gasteiger partial charge < -0.3 is 36.6 Å². The minimum absolute atomic E-state index is 0.0171. The summed E-state index contributed by atoms with van der Waals surface area (Å²) in [4.78, 5) is 49.9. The van der Waals surface area contributed by atoms with E-state index in [4.69, 9.17) is 10.5 Å². The Balaban J connectivity index is 2.01. The van der Waals surface area contributed by atoms with Gasteiger partial charge in [0.2, 0.25) is 17.7 Å². The SMILES string of the molecule is CC(C)CC(NC(=O)C(CO)NC(=O)OCc1ccccc1)C(=O)NC(Cc1ccc(O)cc1)C(N)=O. The summed E-state index contributed by atoms with van der Waals surface area (Å²) in [7, 11) is 0. The Hall–Kier alpha value is -4.12. The van der Waals surface area contributed by atoms with Gasteiger partial charge in [-0.15, -0.1) is 0 Å². The van der Waals surface area contributed by atoms with E-state index in [0.29, 0.717) is 5.56 Å². The van der Waals surface area contributed by atoms with Crippen LogP contribution in [0.4, 0.5) is 4.79 Å². The summed E-state index contributed by atoms with van der Waals surface area (Å²) in [5, 5.41) is 26.5. The lowest BCUT2D eigenvalue weighted by molar-refractivity contribution is -0.132.